The van der Waals surface area contributed by atoms with Crippen LogP contribution in [0.5, 0.6) is 0 Å². The van der Waals surface area contributed by atoms with Gasteiger partial charge in [-0.3, -0.25) is 0 Å². The third-order valence-corrected chi connectivity index (χ3v) is 12.8. The smallest absolute Gasteiger partial charge is 0.227 e. The minimum Gasteiger partial charge on any atom is -0.455 e. The summed E-state index contributed by atoms with van der Waals surface area (Å²) < 4.78 is 18.5. The summed E-state index contributed by atoms with van der Waals surface area (Å²) in [6, 6.07) is 70.8. The van der Waals surface area contributed by atoms with Crippen molar-refractivity contribution in [3.05, 3.63) is 206 Å². The summed E-state index contributed by atoms with van der Waals surface area (Å²) in [6.45, 7) is 0. The molecule has 0 aliphatic rings. The molecule has 66 heavy (non-hydrogen) atoms. The Kier molecular flexibility index (Phi) is 7.81. The Morgan fingerprint density at radius 2 is 0.864 bits per heavy atom. The largest absolute Gasteiger partial charge is 0.455 e. The summed E-state index contributed by atoms with van der Waals surface area (Å²) in [7, 11) is 0. The second-order valence-electron chi connectivity index (χ2n) is 16.5. The van der Waals surface area contributed by atoms with Gasteiger partial charge in [0.25, 0.3) is 0 Å². The highest BCUT2D eigenvalue weighted by Gasteiger charge is 2.27. The molecule has 0 saturated heterocycles. The van der Waals surface area contributed by atoms with Crippen LogP contribution < -0.4 is 0 Å². The molecule has 0 atom stereocenters. The molecule has 0 saturated carbocycles. The first-order chi connectivity index (χ1) is 32.7. The van der Waals surface area contributed by atoms with E-state index < -0.39 is 0 Å². The standard InChI is InChI=1S/C58H34N6O2/c1-4-17-35(18-5-1)55-60-56(36-19-6-2-7-20-36)62-57(61-55)43-33-34-47(50-42-25-12-15-30-49(42)65-53(43)50)63-45-27-13-10-23-38(45)40-31-32-41-39-24-11-14-28-46(39)64(52(41)51(40)63)48-29-16-26-44-54(48)66-58(59-44)37-21-8-3-9-22-37/h1-34H. The molecule has 9 aromatic carbocycles. The van der Waals surface area contributed by atoms with E-state index >= 15 is 0 Å². The van der Waals surface area contributed by atoms with Gasteiger partial charge in [-0.2, -0.15) is 0 Å². The quantitative estimate of drug-likeness (QED) is 0.166. The maximum Gasteiger partial charge on any atom is 0.227 e. The van der Waals surface area contributed by atoms with Crippen molar-refractivity contribution in [2.75, 3.05) is 0 Å². The molecule has 5 heterocycles. The van der Waals surface area contributed by atoms with Gasteiger partial charge in [0.1, 0.15) is 16.7 Å². The summed E-state index contributed by atoms with van der Waals surface area (Å²) in [6.07, 6.45) is 0. The molecule has 0 amide bonds. The van der Waals surface area contributed by atoms with Crippen LogP contribution in [0.4, 0.5) is 0 Å². The van der Waals surface area contributed by atoms with Crippen molar-refractivity contribution in [2.45, 2.75) is 0 Å². The first kappa shape index (κ1) is 36.4. The molecule has 0 fully saturated rings. The van der Waals surface area contributed by atoms with E-state index in [4.69, 9.17) is 28.8 Å². The van der Waals surface area contributed by atoms with Crippen LogP contribution in [0.25, 0.3) is 134 Å². The van der Waals surface area contributed by atoms with E-state index in [1.165, 1.54) is 0 Å². The minimum atomic E-state index is 0.526. The van der Waals surface area contributed by atoms with Gasteiger partial charge in [0.2, 0.25) is 5.89 Å². The van der Waals surface area contributed by atoms with Gasteiger partial charge in [-0.15, -0.1) is 0 Å². The highest BCUT2D eigenvalue weighted by Crippen LogP contribution is 2.46. The number of benzene rings is 9. The number of furan rings is 1. The molecule has 308 valence electrons. The monoisotopic (exact) mass is 846 g/mol. The molecule has 0 unspecified atom stereocenters. The second kappa shape index (κ2) is 14.2. The van der Waals surface area contributed by atoms with Crippen molar-refractivity contribution in [3.63, 3.8) is 0 Å². The van der Waals surface area contributed by atoms with E-state index in [1.807, 2.05) is 109 Å². The minimum absolute atomic E-state index is 0.526. The predicted molar refractivity (Wildman–Crippen MR) is 265 cm³/mol. The van der Waals surface area contributed by atoms with Crippen molar-refractivity contribution < 1.29 is 8.83 Å². The van der Waals surface area contributed by atoms with Gasteiger partial charge >= 0.3 is 0 Å². The lowest BCUT2D eigenvalue weighted by Crippen LogP contribution is -2.02. The summed E-state index contributed by atoms with van der Waals surface area (Å²) >= 11 is 0. The Hall–Kier alpha value is -9.14. The number of hydrogen-bond acceptors (Lipinski definition) is 6. The maximum atomic E-state index is 6.97. The van der Waals surface area contributed by atoms with Crippen LogP contribution in [0.3, 0.4) is 0 Å². The highest BCUT2D eigenvalue weighted by molar-refractivity contribution is 6.25. The van der Waals surface area contributed by atoms with Gasteiger partial charge < -0.3 is 18.0 Å². The van der Waals surface area contributed by atoms with E-state index in [0.29, 0.717) is 34.5 Å². The molecule has 14 aromatic rings. The van der Waals surface area contributed by atoms with Crippen molar-refractivity contribution in [1.29, 1.82) is 0 Å². The number of para-hydroxylation sites is 4. The lowest BCUT2D eigenvalue weighted by atomic mass is 10.1. The number of hydrogen-bond donors (Lipinski definition) is 0. The fourth-order valence-corrected chi connectivity index (χ4v) is 9.92. The van der Waals surface area contributed by atoms with E-state index in [-0.39, 0.29) is 0 Å². The first-order valence-corrected chi connectivity index (χ1v) is 22.0. The molecule has 0 spiro atoms. The van der Waals surface area contributed by atoms with Crippen molar-refractivity contribution >= 4 is 76.6 Å². The highest BCUT2D eigenvalue weighted by atomic mass is 16.3. The van der Waals surface area contributed by atoms with Crippen molar-refractivity contribution in [1.82, 2.24) is 29.1 Å². The normalized spacial score (nSPS) is 11.9. The topological polar surface area (TPSA) is 87.7 Å². The average Bonchev–Trinajstić information content (AvgIpc) is 4.17. The number of oxazole rings is 1. The van der Waals surface area contributed by atoms with E-state index in [0.717, 1.165) is 99.1 Å². The Morgan fingerprint density at radius 1 is 0.333 bits per heavy atom. The van der Waals surface area contributed by atoms with Crippen LogP contribution >= 0.6 is 0 Å². The Bertz CT molecular complexity index is 4170. The van der Waals surface area contributed by atoms with Crippen LogP contribution in [-0.4, -0.2) is 29.1 Å². The van der Waals surface area contributed by atoms with E-state index in [9.17, 15) is 0 Å². The van der Waals surface area contributed by atoms with Gasteiger partial charge in [0.15, 0.2) is 23.1 Å². The van der Waals surface area contributed by atoms with E-state index in [2.05, 4.69) is 106 Å². The first-order valence-electron chi connectivity index (χ1n) is 22.0. The molecule has 14 rings (SSSR count). The summed E-state index contributed by atoms with van der Waals surface area (Å²) in [5.41, 5.74) is 12.6. The Balaban J connectivity index is 1.10. The van der Waals surface area contributed by atoms with Gasteiger partial charge in [-0.05, 0) is 54.6 Å². The molecule has 0 aliphatic carbocycles. The van der Waals surface area contributed by atoms with Gasteiger partial charge in [-0.1, -0.05) is 152 Å². The lowest BCUT2D eigenvalue weighted by Gasteiger charge is -2.15. The molecule has 0 radical (unpaired) electrons. The maximum absolute atomic E-state index is 6.97. The molecule has 0 N–H and O–H groups in total. The Labute approximate surface area is 376 Å². The van der Waals surface area contributed by atoms with Crippen LogP contribution in [0, 0.1) is 0 Å². The number of fused-ring (bicyclic) bond motifs is 11. The zero-order chi connectivity index (χ0) is 43.3. The van der Waals surface area contributed by atoms with Gasteiger partial charge in [-0.25, -0.2) is 19.9 Å². The lowest BCUT2D eigenvalue weighted by molar-refractivity contribution is 0.618. The summed E-state index contributed by atoms with van der Waals surface area (Å²) in [5.74, 6) is 2.28. The van der Waals surface area contributed by atoms with Gasteiger partial charge in [0.05, 0.1) is 44.4 Å². The molecule has 8 nitrogen and oxygen atoms in total. The molecule has 0 aliphatic heterocycles. The number of rotatable bonds is 6. The number of nitrogens with zero attached hydrogens (tertiary/aromatic N) is 6. The third kappa shape index (κ3) is 5.39. The fraction of sp³-hybridized carbons (Fsp3) is 0. The molecule has 0 bridgehead atoms. The zero-order valence-electron chi connectivity index (χ0n) is 35.1. The van der Waals surface area contributed by atoms with Crippen molar-refractivity contribution in [3.8, 4) is 57.0 Å². The van der Waals surface area contributed by atoms with Crippen LogP contribution in [-0.2, 0) is 0 Å². The molecule has 5 aromatic heterocycles. The number of aromatic nitrogens is 6. The van der Waals surface area contributed by atoms with Crippen molar-refractivity contribution in [2.24, 2.45) is 0 Å². The van der Waals surface area contributed by atoms with Crippen LogP contribution in [0.15, 0.2) is 215 Å². The predicted octanol–water partition coefficient (Wildman–Crippen LogP) is 14.8. The zero-order valence-corrected chi connectivity index (χ0v) is 35.1. The van der Waals surface area contributed by atoms with Crippen LogP contribution in [0.2, 0.25) is 0 Å². The second-order valence-corrected chi connectivity index (χ2v) is 16.5. The molecular weight excluding hydrogens is 813 g/mol. The average molecular weight is 847 g/mol. The SMILES string of the molecule is c1ccc(-c2nc(-c3ccccc3)nc(-c3ccc(-n4c5ccccc5c5ccc6c7ccccc7n(-c7cccc8nc(-c9ccccc9)oc78)c6c54)c4c3oc3ccccc34)n2)cc1. The van der Waals surface area contributed by atoms with E-state index in [1.54, 1.807) is 0 Å². The third-order valence-electron chi connectivity index (χ3n) is 12.8. The van der Waals surface area contributed by atoms with Gasteiger partial charge in [0, 0.05) is 43.6 Å². The molecular formula is C58H34N6O2. The fourth-order valence-electron chi connectivity index (χ4n) is 9.92. The Morgan fingerprint density at radius 3 is 1.50 bits per heavy atom. The summed E-state index contributed by atoms with van der Waals surface area (Å²) in [5, 5.41) is 6.47. The molecule has 8 heteroatoms. The summed E-state index contributed by atoms with van der Waals surface area (Å²) in [4.78, 5) is 20.3. The van der Waals surface area contributed by atoms with Crippen LogP contribution in [0.1, 0.15) is 0 Å².